The number of rotatable bonds is 5. The van der Waals surface area contributed by atoms with Crippen molar-refractivity contribution in [1.29, 1.82) is 0 Å². The minimum atomic E-state index is -0.903. The number of thiazole rings is 1. The van der Waals surface area contributed by atoms with Crippen molar-refractivity contribution in [3.63, 3.8) is 0 Å². The summed E-state index contributed by atoms with van der Waals surface area (Å²) in [6, 6.07) is -0.431. The molecule has 1 aliphatic heterocycles. The van der Waals surface area contributed by atoms with Gasteiger partial charge in [-0.3, -0.25) is 19.3 Å². The molecule has 2 heterocycles. The van der Waals surface area contributed by atoms with Crippen LogP contribution in [0.25, 0.3) is 0 Å². The Labute approximate surface area is 161 Å². The highest BCUT2D eigenvalue weighted by molar-refractivity contribution is 7.17. The van der Waals surface area contributed by atoms with E-state index in [4.69, 9.17) is 0 Å². The van der Waals surface area contributed by atoms with E-state index in [-0.39, 0.29) is 36.0 Å². The van der Waals surface area contributed by atoms with E-state index in [0.717, 1.165) is 10.6 Å². The summed E-state index contributed by atoms with van der Waals surface area (Å²) in [5.41, 5.74) is -0.270. The van der Waals surface area contributed by atoms with Gasteiger partial charge in [0.05, 0.1) is 10.6 Å². The van der Waals surface area contributed by atoms with Crippen molar-refractivity contribution in [2.75, 3.05) is 11.9 Å². The van der Waals surface area contributed by atoms with Crippen molar-refractivity contribution < 1.29 is 19.2 Å². The third-order valence-corrected chi connectivity index (χ3v) is 5.77. The van der Waals surface area contributed by atoms with Crippen LogP contribution >= 0.6 is 11.3 Å². The SMILES string of the molecule is CC1(C)CC(=O)c2sc(NC(=O)CCCN3C(=O)NC(C)(C)C3=O)nc2C1. The first-order chi connectivity index (χ1) is 12.5. The summed E-state index contributed by atoms with van der Waals surface area (Å²) < 4.78 is 0. The van der Waals surface area contributed by atoms with Crippen LogP contribution in [0, 0.1) is 5.41 Å². The molecule has 8 nitrogen and oxygen atoms in total. The first-order valence-electron chi connectivity index (χ1n) is 8.95. The monoisotopic (exact) mass is 392 g/mol. The van der Waals surface area contributed by atoms with Gasteiger partial charge in [0.2, 0.25) is 5.91 Å². The molecule has 0 unspecified atom stereocenters. The molecule has 1 aliphatic carbocycles. The fourth-order valence-electron chi connectivity index (χ4n) is 3.37. The molecule has 0 aromatic carbocycles. The molecule has 9 heteroatoms. The van der Waals surface area contributed by atoms with Crippen LogP contribution < -0.4 is 10.6 Å². The van der Waals surface area contributed by atoms with Crippen molar-refractivity contribution in [3.8, 4) is 0 Å². The van der Waals surface area contributed by atoms with Gasteiger partial charge in [-0.15, -0.1) is 0 Å². The number of amides is 4. The molecular weight excluding hydrogens is 368 g/mol. The molecule has 0 saturated carbocycles. The maximum atomic E-state index is 12.2. The standard InChI is InChI=1S/C18H24N4O4S/c1-17(2)8-10-13(11(23)9-17)27-15(19-10)20-12(24)6-5-7-22-14(25)18(3,4)21-16(22)26/h5-9H2,1-4H3,(H,21,26)(H,19,20,24). The van der Waals surface area contributed by atoms with Gasteiger partial charge in [-0.05, 0) is 32.1 Å². The maximum absolute atomic E-state index is 12.2. The molecule has 27 heavy (non-hydrogen) atoms. The van der Waals surface area contributed by atoms with Crippen LogP contribution in [0.15, 0.2) is 0 Å². The summed E-state index contributed by atoms with van der Waals surface area (Å²) >= 11 is 1.21. The predicted molar refractivity (Wildman–Crippen MR) is 101 cm³/mol. The van der Waals surface area contributed by atoms with E-state index in [0.29, 0.717) is 29.3 Å². The van der Waals surface area contributed by atoms with E-state index in [1.165, 1.54) is 11.3 Å². The lowest BCUT2D eigenvalue weighted by Gasteiger charge is -2.26. The number of anilines is 1. The number of urea groups is 1. The number of imide groups is 1. The van der Waals surface area contributed by atoms with Gasteiger partial charge in [0.1, 0.15) is 5.54 Å². The molecule has 0 atom stereocenters. The zero-order chi connectivity index (χ0) is 20.0. The lowest BCUT2D eigenvalue weighted by atomic mass is 9.78. The van der Waals surface area contributed by atoms with Gasteiger partial charge >= 0.3 is 6.03 Å². The number of Topliss-reactive ketones (excluding diaryl/α,β-unsaturated/α-hetero) is 1. The zero-order valence-electron chi connectivity index (χ0n) is 16.0. The van der Waals surface area contributed by atoms with Crippen molar-refractivity contribution >= 4 is 40.1 Å². The lowest BCUT2D eigenvalue weighted by Crippen LogP contribution is -2.40. The van der Waals surface area contributed by atoms with E-state index in [1.54, 1.807) is 13.8 Å². The first kappa shape index (κ1) is 19.5. The molecule has 1 saturated heterocycles. The molecule has 2 N–H and O–H groups in total. The molecule has 1 fully saturated rings. The summed E-state index contributed by atoms with van der Waals surface area (Å²) in [5.74, 6) is -0.471. The highest BCUT2D eigenvalue weighted by Crippen LogP contribution is 2.38. The third-order valence-electron chi connectivity index (χ3n) is 4.71. The number of nitrogens with one attached hydrogen (secondary N) is 2. The predicted octanol–water partition coefficient (Wildman–Crippen LogP) is 2.35. The van der Waals surface area contributed by atoms with Gasteiger partial charge in [-0.1, -0.05) is 25.2 Å². The fraction of sp³-hybridized carbons (Fsp3) is 0.611. The summed E-state index contributed by atoms with van der Waals surface area (Å²) in [5, 5.41) is 5.75. The normalized spacial score (nSPS) is 20.4. The van der Waals surface area contributed by atoms with E-state index in [9.17, 15) is 19.2 Å². The second-order valence-corrected chi connectivity index (χ2v) is 9.40. The Morgan fingerprint density at radius 2 is 1.93 bits per heavy atom. The van der Waals surface area contributed by atoms with Gasteiger partial charge in [-0.25, -0.2) is 9.78 Å². The van der Waals surface area contributed by atoms with Gasteiger partial charge in [0.25, 0.3) is 5.91 Å². The average molecular weight is 392 g/mol. The van der Waals surface area contributed by atoms with Gasteiger partial charge in [-0.2, -0.15) is 0 Å². The van der Waals surface area contributed by atoms with Crippen LogP contribution in [0.1, 0.15) is 62.3 Å². The first-order valence-corrected chi connectivity index (χ1v) is 9.77. The Hall–Kier alpha value is -2.29. The van der Waals surface area contributed by atoms with Gasteiger partial charge in [0.15, 0.2) is 10.9 Å². The summed E-state index contributed by atoms with van der Waals surface area (Å²) in [7, 11) is 0. The lowest BCUT2D eigenvalue weighted by molar-refractivity contribution is -0.130. The number of nitrogens with zero attached hydrogens (tertiary/aromatic N) is 2. The minimum Gasteiger partial charge on any atom is -0.324 e. The number of ketones is 1. The molecule has 0 bridgehead atoms. The topological polar surface area (TPSA) is 108 Å². The number of fused-ring (bicyclic) bond motifs is 1. The maximum Gasteiger partial charge on any atom is 0.325 e. The molecule has 0 spiro atoms. The number of carbonyl (C=O) groups is 4. The van der Waals surface area contributed by atoms with Crippen LogP contribution in [-0.2, 0) is 16.0 Å². The summed E-state index contributed by atoms with van der Waals surface area (Å²) in [6.07, 6.45) is 1.71. The van der Waals surface area contributed by atoms with Crippen molar-refractivity contribution in [2.45, 2.75) is 58.9 Å². The number of aromatic nitrogens is 1. The molecule has 1 aromatic rings. The molecule has 3 rings (SSSR count). The largest absolute Gasteiger partial charge is 0.325 e. The Balaban J connectivity index is 1.53. The van der Waals surface area contributed by atoms with E-state index in [2.05, 4.69) is 15.6 Å². The van der Waals surface area contributed by atoms with Gasteiger partial charge < -0.3 is 10.6 Å². The summed E-state index contributed by atoms with van der Waals surface area (Å²) in [6.45, 7) is 7.53. The second kappa shape index (κ2) is 6.70. The van der Waals surface area contributed by atoms with Gasteiger partial charge in [0, 0.05) is 19.4 Å². The van der Waals surface area contributed by atoms with E-state index in [1.807, 2.05) is 13.8 Å². The van der Waals surface area contributed by atoms with Crippen molar-refractivity contribution in [2.24, 2.45) is 5.41 Å². The Morgan fingerprint density at radius 3 is 2.56 bits per heavy atom. The van der Waals surface area contributed by atoms with E-state index >= 15 is 0 Å². The second-order valence-electron chi connectivity index (χ2n) is 8.40. The highest BCUT2D eigenvalue weighted by atomic mass is 32.1. The van der Waals surface area contributed by atoms with Crippen molar-refractivity contribution in [1.82, 2.24) is 15.2 Å². The number of carbonyl (C=O) groups excluding carboxylic acids is 4. The Morgan fingerprint density at radius 1 is 1.22 bits per heavy atom. The quantitative estimate of drug-likeness (QED) is 0.748. The van der Waals surface area contributed by atoms with Crippen LogP contribution in [0.2, 0.25) is 0 Å². The minimum absolute atomic E-state index is 0.0698. The van der Waals surface area contributed by atoms with Crippen molar-refractivity contribution in [3.05, 3.63) is 10.6 Å². The fourth-order valence-corrected chi connectivity index (χ4v) is 4.31. The van der Waals surface area contributed by atoms with Crippen LogP contribution in [0.5, 0.6) is 0 Å². The molecule has 4 amide bonds. The molecule has 1 aromatic heterocycles. The molecular formula is C18H24N4O4S. The Bertz CT molecular complexity index is 827. The zero-order valence-corrected chi connectivity index (χ0v) is 16.8. The Kier molecular flexibility index (Phi) is 4.83. The third kappa shape index (κ3) is 4.02. The highest BCUT2D eigenvalue weighted by Gasteiger charge is 2.43. The summed E-state index contributed by atoms with van der Waals surface area (Å²) in [4.78, 5) is 54.5. The molecule has 2 aliphatic rings. The number of hydrogen-bond acceptors (Lipinski definition) is 6. The van der Waals surface area contributed by atoms with Crippen LogP contribution in [-0.4, -0.2) is 45.6 Å². The molecule has 146 valence electrons. The van der Waals surface area contributed by atoms with Crippen LogP contribution in [0.4, 0.5) is 9.93 Å². The average Bonchev–Trinajstić information content (AvgIpc) is 2.99. The van der Waals surface area contributed by atoms with E-state index < -0.39 is 11.6 Å². The van der Waals surface area contributed by atoms with Crippen LogP contribution in [0.3, 0.4) is 0 Å². The molecule has 0 radical (unpaired) electrons. The smallest absolute Gasteiger partial charge is 0.324 e. The number of hydrogen-bond donors (Lipinski definition) is 2.